The molecule has 0 spiro atoms. The Bertz CT molecular complexity index is 592. The second-order valence-electron chi connectivity index (χ2n) is 4.84. The Labute approximate surface area is 132 Å². The number of benzene rings is 1. The minimum Gasteiger partial charge on any atom is -0.496 e. The van der Waals surface area contributed by atoms with Crippen molar-refractivity contribution in [2.75, 3.05) is 14.2 Å². The number of carbonyl (C=O) groups excluding carboxylic acids is 2. The molecule has 21 heavy (non-hydrogen) atoms. The average Bonchev–Trinajstić information content (AvgIpc) is 2.53. The summed E-state index contributed by atoms with van der Waals surface area (Å²) in [4.78, 5) is 23.2. The molecule has 0 aromatic heterocycles. The third kappa shape index (κ3) is 3.02. The fourth-order valence-electron chi connectivity index (χ4n) is 2.71. The van der Waals surface area contributed by atoms with Gasteiger partial charge in [0.15, 0.2) is 6.29 Å². The molecule has 5 heteroatoms. The Morgan fingerprint density at radius 3 is 2.76 bits per heavy atom. The molecule has 0 saturated heterocycles. The predicted octanol–water partition coefficient (Wildman–Crippen LogP) is 3.64. The number of methoxy groups -OCH3 is 2. The van der Waals surface area contributed by atoms with Crippen molar-refractivity contribution in [2.45, 2.75) is 25.2 Å². The minimum atomic E-state index is -0.329. The molecule has 0 unspecified atom stereocenters. The van der Waals surface area contributed by atoms with E-state index in [2.05, 4.69) is 15.9 Å². The lowest BCUT2D eigenvalue weighted by atomic mass is 9.81. The first-order chi connectivity index (χ1) is 10.1. The van der Waals surface area contributed by atoms with E-state index >= 15 is 0 Å². The van der Waals surface area contributed by atoms with Gasteiger partial charge in [-0.2, -0.15) is 0 Å². The standard InChI is InChI=1S/C16H17BrO4/c1-20-13-8-7-10(9-18)15(17)14(13)11-5-3-4-6-12(11)16(19)21-2/h6-9,11H,3-5H2,1-2H3/t11-/m0/s1. The van der Waals surface area contributed by atoms with Crippen LogP contribution in [0.3, 0.4) is 0 Å². The van der Waals surface area contributed by atoms with Crippen LogP contribution in [0.5, 0.6) is 5.75 Å². The van der Waals surface area contributed by atoms with Crippen LogP contribution in [0.4, 0.5) is 0 Å². The van der Waals surface area contributed by atoms with E-state index in [4.69, 9.17) is 9.47 Å². The van der Waals surface area contributed by atoms with E-state index in [0.717, 1.165) is 31.1 Å². The summed E-state index contributed by atoms with van der Waals surface area (Å²) in [7, 11) is 2.96. The van der Waals surface area contributed by atoms with E-state index in [1.165, 1.54) is 7.11 Å². The summed E-state index contributed by atoms with van der Waals surface area (Å²) in [6.45, 7) is 0. The van der Waals surface area contributed by atoms with Crippen molar-refractivity contribution in [1.29, 1.82) is 0 Å². The third-order valence-corrected chi connectivity index (χ3v) is 4.61. The van der Waals surface area contributed by atoms with Gasteiger partial charge in [0.25, 0.3) is 0 Å². The lowest BCUT2D eigenvalue weighted by molar-refractivity contribution is -0.136. The van der Waals surface area contributed by atoms with E-state index in [9.17, 15) is 9.59 Å². The van der Waals surface area contributed by atoms with Crippen molar-refractivity contribution in [3.05, 3.63) is 39.4 Å². The highest BCUT2D eigenvalue weighted by atomic mass is 79.9. The van der Waals surface area contributed by atoms with E-state index < -0.39 is 0 Å². The van der Waals surface area contributed by atoms with Gasteiger partial charge in [-0.3, -0.25) is 4.79 Å². The molecule has 1 atom stereocenters. The Morgan fingerprint density at radius 1 is 1.38 bits per heavy atom. The van der Waals surface area contributed by atoms with Gasteiger partial charge >= 0.3 is 5.97 Å². The number of halogens is 1. The number of carbonyl (C=O) groups is 2. The highest BCUT2D eigenvalue weighted by Crippen LogP contribution is 2.43. The van der Waals surface area contributed by atoms with Gasteiger partial charge in [0.1, 0.15) is 5.75 Å². The predicted molar refractivity (Wildman–Crippen MR) is 82.8 cm³/mol. The quantitative estimate of drug-likeness (QED) is 0.613. The summed E-state index contributed by atoms with van der Waals surface area (Å²) in [5, 5.41) is 0. The fraction of sp³-hybridized carbons (Fsp3) is 0.375. The zero-order chi connectivity index (χ0) is 15.4. The first-order valence-corrected chi connectivity index (χ1v) is 7.53. The smallest absolute Gasteiger partial charge is 0.334 e. The molecule has 0 fully saturated rings. The van der Waals surface area contributed by atoms with E-state index in [0.29, 0.717) is 21.4 Å². The van der Waals surface area contributed by atoms with Crippen molar-refractivity contribution < 1.29 is 19.1 Å². The average molecular weight is 353 g/mol. The van der Waals surface area contributed by atoms with E-state index in [1.54, 1.807) is 19.2 Å². The van der Waals surface area contributed by atoms with Crippen LogP contribution in [0.1, 0.15) is 41.1 Å². The Balaban J connectivity index is 2.58. The summed E-state index contributed by atoms with van der Waals surface area (Å²) in [6, 6.07) is 3.46. The minimum absolute atomic E-state index is 0.129. The lowest BCUT2D eigenvalue weighted by Gasteiger charge is -2.26. The van der Waals surface area contributed by atoms with Gasteiger partial charge in [0.05, 0.1) is 14.2 Å². The normalized spacial score (nSPS) is 17.9. The maximum atomic E-state index is 12.0. The molecule has 0 amide bonds. The molecule has 0 N–H and O–H groups in total. The molecule has 4 nitrogen and oxygen atoms in total. The first-order valence-electron chi connectivity index (χ1n) is 6.74. The molecule has 0 aliphatic heterocycles. The highest BCUT2D eigenvalue weighted by Gasteiger charge is 2.30. The van der Waals surface area contributed by atoms with E-state index in [-0.39, 0.29) is 11.9 Å². The van der Waals surface area contributed by atoms with Crippen LogP contribution >= 0.6 is 15.9 Å². The summed E-state index contributed by atoms with van der Waals surface area (Å²) >= 11 is 3.48. The number of aldehydes is 1. The molecule has 0 heterocycles. The fourth-order valence-corrected chi connectivity index (χ4v) is 3.40. The Hall–Kier alpha value is -1.62. The van der Waals surface area contributed by atoms with Gasteiger partial charge in [-0.25, -0.2) is 4.79 Å². The second-order valence-corrected chi connectivity index (χ2v) is 5.63. The number of hydrogen-bond donors (Lipinski definition) is 0. The maximum Gasteiger partial charge on any atom is 0.334 e. The van der Waals surface area contributed by atoms with Crippen LogP contribution in [0.25, 0.3) is 0 Å². The topological polar surface area (TPSA) is 52.6 Å². The van der Waals surface area contributed by atoms with Gasteiger partial charge in [-0.05, 0) is 47.3 Å². The van der Waals surface area contributed by atoms with Crippen LogP contribution in [0, 0.1) is 0 Å². The van der Waals surface area contributed by atoms with Crippen LogP contribution < -0.4 is 4.74 Å². The molecule has 1 aliphatic rings. The molecule has 112 valence electrons. The van der Waals surface area contributed by atoms with Crippen LogP contribution in [-0.4, -0.2) is 26.5 Å². The van der Waals surface area contributed by atoms with Crippen molar-refractivity contribution in [1.82, 2.24) is 0 Å². The molecule has 2 rings (SSSR count). The first kappa shape index (κ1) is 15.8. The monoisotopic (exact) mass is 352 g/mol. The SMILES string of the molecule is COC(=O)C1=CCCC[C@@H]1c1c(OC)ccc(C=O)c1Br. The summed E-state index contributed by atoms with van der Waals surface area (Å²) < 4.78 is 11.0. The summed E-state index contributed by atoms with van der Waals surface area (Å²) in [5.41, 5.74) is 2.00. The third-order valence-electron chi connectivity index (χ3n) is 3.72. The summed E-state index contributed by atoms with van der Waals surface area (Å²) in [6.07, 6.45) is 5.36. The van der Waals surface area contributed by atoms with Gasteiger partial charge < -0.3 is 9.47 Å². The highest BCUT2D eigenvalue weighted by molar-refractivity contribution is 9.10. The second kappa shape index (κ2) is 6.89. The Morgan fingerprint density at radius 2 is 2.14 bits per heavy atom. The van der Waals surface area contributed by atoms with E-state index in [1.807, 2.05) is 6.08 Å². The van der Waals surface area contributed by atoms with Gasteiger partial charge in [0.2, 0.25) is 0 Å². The van der Waals surface area contributed by atoms with Crippen LogP contribution in [0.2, 0.25) is 0 Å². The van der Waals surface area contributed by atoms with Crippen molar-refractivity contribution >= 4 is 28.2 Å². The molecular formula is C16H17BrO4. The molecule has 1 aromatic carbocycles. The number of allylic oxidation sites excluding steroid dienone is 1. The van der Waals surface area contributed by atoms with Crippen molar-refractivity contribution in [3.63, 3.8) is 0 Å². The molecule has 0 bridgehead atoms. The number of rotatable bonds is 4. The van der Waals surface area contributed by atoms with Gasteiger partial charge in [-0.1, -0.05) is 6.08 Å². The van der Waals surface area contributed by atoms with Crippen molar-refractivity contribution in [3.8, 4) is 5.75 Å². The summed E-state index contributed by atoms with van der Waals surface area (Å²) in [5.74, 6) is 0.203. The van der Waals surface area contributed by atoms with Gasteiger partial charge in [0, 0.05) is 27.1 Å². The molecule has 0 saturated carbocycles. The number of esters is 1. The molecular weight excluding hydrogens is 336 g/mol. The molecule has 1 aromatic rings. The molecule has 0 radical (unpaired) electrons. The Kier molecular flexibility index (Phi) is 5.17. The zero-order valence-electron chi connectivity index (χ0n) is 12.0. The zero-order valence-corrected chi connectivity index (χ0v) is 13.6. The van der Waals surface area contributed by atoms with Crippen molar-refractivity contribution in [2.24, 2.45) is 0 Å². The van der Waals surface area contributed by atoms with Crippen LogP contribution in [-0.2, 0) is 9.53 Å². The van der Waals surface area contributed by atoms with Gasteiger partial charge in [-0.15, -0.1) is 0 Å². The largest absolute Gasteiger partial charge is 0.496 e. The maximum absolute atomic E-state index is 12.0. The number of hydrogen-bond acceptors (Lipinski definition) is 4. The lowest BCUT2D eigenvalue weighted by Crippen LogP contribution is -2.17. The number of ether oxygens (including phenoxy) is 2. The van der Waals surface area contributed by atoms with Crippen LogP contribution in [0.15, 0.2) is 28.3 Å². The molecule has 1 aliphatic carbocycles.